The number of phenols is 2. The predicted octanol–water partition coefficient (Wildman–Crippen LogP) is 3.45. The number of amides is 2. The van der Waals surface area contributed by atoms with Crippen molar-refractivity contribution in [2.24, 2.45) is 10.2 Å². The molecule has 0 atom stereocenters. The minimum absolute atomic E-state index is 0.0294. The maximum Gasteiger partial charge on any atom is 0.240 e. The maximum absolute atomic E-state index is 12.0. The number of carbonyl (C=O) groups excluding carboxylic acids is 2. The molecule has 10 heteroatoms. The minimum Gasteiger partial charge on any atom is -0.504 e. The summed E-state index contributed by atoms with van der Waals surface area (Å²) in [7, 11) is 2.92. The lowest BCUT2D eigenvalue weighted by atomic mass is 10.1. The Balaban J connectivity index is 1.68. The van der Waals surface area contributed by atoms with Crippen molar-refractivity contribution < 1.29 is 29.3 Å². The highest BCUT2D eigenvalue weighted by molar-refractivity contribution is 6.00. The van der Waals surface area contributed by atoms with E-state index < -0.39 is 0 Å². The number of carbonyl (C=O) groups is 2. The number of hydrogen-bond donors (Lipinski definition) is 4. The summed E-state index contributed by atoms with van der Waals surface area (Å²) >= 11 is 0. The van der Waals surface area contributed by atoms with Gasteiger partial charge in [-0.25, -0.2) is 10.9 Å². The van der Waals surface area contributed by atoms with Crippen LogP contribution >= 0.6 is 0 Å². The van der Waals surface area contributed by atoms with E-state index >= 15 is 0 Å². The minimum atomic E-state index is -0.218. The number of rotatable bonds is 12. The summed E-state index contributed by atoms with van der Waals surface area (Å²) in [4.78, 5) is 24.1. The molecule has 0 saturated carbocycles. The van der Waals surface area contributed by atoms with Gasteiger partial charge in [-0.15, -0.1) is 0 Å². The lowest BCUT2D eigenvalue weighted by molar-refractivity contribution is -0.121. The number of nitrogens with zero attached hydrogens (tertiary/aromatic N) is 2. The van der Waals surface area contributed by atoms with E-state index in [-0.39, 0.29) is 36.2 Å². The van der Waals surface area contributed by atoms with Crippen LogP contribution in [-0.2, 0) is 9.59 Å². The van der Waals surface area contributed by atoms with Gasteiger partial charge in [-0.2, -0.15) is 10.2 Å². The largest absolute Gasteiger partial charge is 0.504 e. The van der Waals surface area contributed by atoms with Crippen molar-refractivity contribution >= 4 is 23.2 Å². The SMILES string of the molecule is COc1cc(C(C)=NNC(=O)CCCCCC(=O)NN=C(C)c2ccc(O)c(OC)c2)ccc1O. The summed E-state index contributed by atoms with van der Waals surface area (Å²) < 4.78 is 10.1. The Morgan fingerprint density at radius 3 is 1.51 bits per heavy atom. The average molecular weight is 485 g/mol. The molecule has 0 saturated heterocycles. The van der Waals surface area contributed by atoms with E-state index in [2.05, 4.69) is 21.1 Å². The first-order valence-corrected chi connectivity index (χ1v) is 11.2. The van der Waals surface area contributed by atoms with Crippen LogP contribution in [0.25, 0.3) is 0 Å². The zero-order valence-corrected chi connectivity index (χ0v) is 20.4. The highest BCUT2D eigenvalue weighted by Crippen LogP contribution is 2.27. The Morgan fingerprint density at radius 2 is 1.14 bits per heavy atom. The molecule has 2 amide bonds. The summed E-state index contributed by atoms with van der Waals surface area (Å²) in [5, 5.41) is 27.5. The van der Waals surface area contributed by atoms with Crippen LogP contribution in [0.2, 0.25) is 0 Å². The fourth-order valence-electron chi connectivity index (χ4n) is 3.09. The molecule has 35 heavy (non-hydrogen) atoms. The van der Waals surface area contributed by atoms with Crippen LogP contribution in [0, 0.1) is 0 Å². The maximum atomic E-state index is 12.0. The fourth-order valence-corrected chi connectivity index (χ4v) is 3.09. The molecule has 188 valence electrons. The molecule has 0 aliphatic carbocycles. The predicted molar refractivity (Wildman–Crippen MR) is 133 cm³/mol. The lowest BCUT2D eigenvalue weighted by Gasteiger charge is -2.07. The Bertz CT molecular complexity index is 1010. The monoisotopic (exact) mass is 484 g/mol. The third kappa shape index (κ3) is 8.65. The first kappa shape index (κ1) is 27.2. The standard InChI is InChI=1S/C25H32N4O6/c1-16(18-10-12-20(30)22(14-18)34-3)26-28-24(32)8-6-5-7-9-25(33)29-27-17(2)19-11-13-21(31)23(15-19)35-4/h10-15,30-31H,5-9H2,1-4H3,(H,28,32)(H,29,33). The van der Waals surface area contributed by atoms with Gasteiger partial charge in [0.05, 0.1) is 25.6 Å². The van der Waals surface area contributed by atoms with E-state index in [1.807, 2.05) is 0 Å². The summed E-state index contributed by atoms with van der Waals surface area (Å²) in [5.74, 6) is 0.277. The van der Waals surface area contributed by atoms with Crippen molar-refractivity contribution in [3.05, 3.63) is 47.5 Å². The molecule has 0 spiro atoms. The fraction of sp³-hybridized carbons (Fsp3) is 0.360. The van der Waals surface area contributed by atoms with E-state index in [0.29, 0.717) is 53.3 Å². The molecule has 0 bridgehead atoms. The van der Waals surface area contributed by atoms with Gasteiger partial charge in [-0.1, -0.05) is 6.42 Å². The second-order valence-electron chi connectivity index (χ2n) is 7.80. The second-order valence-corrected chi connectivity index (χ2v) is 7.80. The second kappa shape index (κ2) is 13.6. The van der Waals surface area contributed by atoms with Gasteiger partial charge in [0.25, 0.3) is 0 Å². The van der Waals surface area contributed by atoms with Gasteiger partial charge in [0.15, 0.2) is 23.0 Å². The third-order valence-electron chi connectivity index (χ3n) is 5.20. The third-order valence-corrected chi connectivity index (χ3v) is 5.20. The molecule has 0 radical (unpaired) electrons. The molecule has 10 nitrogen and oxygen atoms in total. The van der Waals surface area contributed by atoms with Crippen LogP contribution < -0.4 is 20.3 Å². The van der Waals surface area contributed by atoms with Crippen LogP contribution in [0.1, 0.15) is 57.1 Å². The Morgan fingerprint density at radius 1 is 0.743 bits per heavy atom. The average Bonchev–Trinajstić information content (AvgIpc) is 2.86. The molecular weight excluding hydrogens is 452 g/mol. The summed E-state index contributed by atoms with van der Waals surface area (Å²) in [6.45, 7) is 3.49. The number of phenolic OH excluding ortho intramolecular Hbond substituents is 2. The number of hydrogen-bond acceptors (Lipinski definition) is 8. The molecule has 4 N–H and O–H groups in total. The quantitative estimate of drug-likeness (QED) is 0.207. The number of ether oxygens (including phenoxy) is 2. The van der Waals surface area contributed by atoms with Crippen LogP contribution in [0.3, 0.4) is 0 Å². The van der Waals surface area contributed by atoms with Crippen LogP contribution in [0.4, 0.5) is 0 Å². The molecule has 0 unspecified atom stereocenters. The highest BCUT2D eigenvalue weighted by atomic mass is 16.5. The molecule has 0 aliphatic rings. The number of benzene rings is 2. The van der Waals surface area contributed by atoms with Gasteiger partial charge < -0.3 is 19.7 Å². The molecule has 0 heterocycles. The van der Waals surface area contributed by atoms with Gasteiger partial charge in [-0.3, -0.25) is 9.59 Å². The lowest BCUT2D eigenvalue weighted by Crippen LogP contribution is -2.19. The number of methoxy groups -OCH3 is 2. The van der Waals surface area contributed by atoms with Crippen molar-refractivity contribution in [1.82, 2.24) is 10.9 Å². The number of aromatic hydroxyl groups is 2. The zero-order valence-electron chi connectivity index (χ0n) is 20.4. The Hall–Kier alpha value is -4.08. The van der Waals surface area contributed by atoms with Gasteiger partial charge >= 0.3 is 0 Å². The van der Waals surface area contributed by atoms with Gasteiger partial charge in [0, 0.05) is 24.0 Å². The first-order valence-electron chi connectivity index (χ1n) is 11.2. The van der Waals surface area contributed by atoms with Crippen molar-refractivity contribution in [2.75, 3.05) is 14.2 Å². The molecule has 2 aromatic carbocycles. The van der Waals surface area contributed by atoms with E-state index in [0.717, 1.165) is 0 Å². The van der Waals surface area contributed by atoms with E-state index in [4.69, 9.17) is 9.47 Å². The first-order chi connectivity index (χ1) is 16.7. The Kier molecular flexibility index (Phi) is 10.5. The highest BCUT2D eigenvalue weighted by Gasteiger charge is 2.08. The molecular formula is C25H32N4O6. The Labute approximate surface area is 204 Å². The van der Waals surface area contributed by atoms with Crippen LogP contribution in [0.5, 0.6) is 23.0 Å². The van der Waals surface area contributed by atoms with E-state index in [1.54, 1.807) is 38.1 Å². The molecule has 0 aliphatic heterocycles. The van der Waals surface area contributed by atoms with Crippen LogP contribution in [-0.4, -0.2) is 47.7 Å². The number of nitrogens with one attached hydrogen (secondary N) is 2. The smallest absolute Gasteiger partial charge is 0.240 e. The normalized spacial score (nSPS) is 11.7. The summed E-state index contributed by atoms with van der Waals surface area (Å²) in [6, 6.07) is 9.64. The summed E-state index contributed by atoms with van der Waals surface area (Å²) in [6.07, 6.45) is 2.53. The summed E-state index contributed by atoms with van der Waals surface area (Å²) in [5.41, 5.74) is 7.62. The van der Waals surface area contributed by atoms with Gasteiger partial charge in [0.1, 0.15) is 0 Å². The van der Waals surface area contributed by atoms with E-state index in [1.165, 1.54) is 26.4 Å². The van der Waals surface area contributed by atoms with Crippen molar-refractivity contribution in [1.29, 1.82) is 0 Å². The molecule has 0 aromatic heterocycles. The zero-order chi connectivity index (χ0) is 25.8. The molecule has 2 aromatic rings. The topological polar surface area (TPSA) is 142 Å². The molecule has 2 rings (SSSR count). The van der Waals surface area contributed by atoms with Gasteiger partial charge in [-0.05, 0) is 63.1 Å². The number of hydrazone groups is 2. The van der Waals surface area contributed by atoms with Crippen LogP contribution in [0.15, 0.2) is 46.6 Å². The van der Waals surface area contributed by atoms with E-state index in [9.17, 15) is 19.8 Å². The van der Waals surface area contributed by atoms with Crippen molar-refractivity contribution in [2.45, 2.75) is 46.0 Å². The van der Waals surface area contributed by atoms with Crippen molar-refractivity contribution in [3.63, 3.8) is 0 Å². The molecule has 0 fully saturated rings. The van der Waals surface area contributed by atoms with Gasteiger partial charge in [0.2, 0.25) is 11.8 Å². The number of unbranched alkanes of at least 4 members (excludes halogenated alkanes) is 2. The van der Waals surface area contributed by atoms with Crippen molar-refractivity contribution in [3.8, 4) is 23.0 Å².